The summed E-state index contributed by atoms with van der Waals surface area (Å²) in [6, 6.07) is 15.5. The van der Waals surface area contributed by atoms with Crippen LogP contribution in [-0.2, 0) is 9.59 Å². The summed E-state index contributed by atoms with van der Waals surface area (Å²) in [6.45, 7) is 5.32. The van der Waals surface area contributed by atoms with Crippen LogP contribution in [0.1, 0.15) is 32.4 Å². The highest BCUT2D eigenvalue weighted by molar-refractivity contribution is 8.00. The number of hydrogen-bond acceptors (Lipinski definition) is 6. The van der Waals surface area contributed by atoms with Gasteiger partial charge < -0.3 is 15.4 Å². The van der Waals surface area contributed by atoms with Crippen molar-refractivity contribution in [3.63, 3.8) is 0 Å². The smallest absolute Gasteiger partial charge is 0.239 e. The van der Waals surface area contributed by atoms with Crippen LogP contribution in [0.25, 0.3) is 11.3 Å². The highest BCUT2D eigenvalue weighted by atomic mass is 32.2. The van der Waals surface area contributed by atoms with Gasteiger partial charge in [-0.25, -0.2) is 4.98 Å². The molecule has 1 heterocycles. The molecule has 0 bridgehead atoms. The summed E-state index contributed by atoms with van der Waals surface area (Å²) >= 11 is 2.88. The molecule has 2 N–H and O–H groups in total. The van der Waals surface area contributed by atoms with E-state index in [-0.39, 0.29) is 23.1 Å². The molecule has 0 aliphatic carbocycles. The van der Waals surface area contributed by atoms with Crippen LogP contribution in [0.15, 0.2) is 58.8 Å². The number of carbonyl (C=O) groups is 2. The van der Waals surface area contributed by atoms with E-state index in [1.54, 1.807) is 7.11 Å². The molecular formula is C23H25N3O3S2. The van der Waals surface area contributed by atoms with Gasteiger partial charge in [-0.1, -0.05) is 24.3 Å². The van der Waals surface area contributed by atoms with E-state index in [1.807, 2.05) is 67.8 Å². The van der Waals surface area contributed by atoms with Gasteiger partial charge >= 0.3 is 0 Å². The number of anilines is 1. The number of rotatable bonds is 8. The number of methoxy groups -OCH3 is 1. The molecule has 0 aliphatic heterocycles. The van der Waals surface area contributed by atoms with Crippen LogP contribution in [0.4, 0.5) is 5.13 Å². The molecule has 0 saturated heterocycles. The van der Waals surface area contributed by atoms with Crippen molar-refractivity contribution in [1.29, 1.82) is 0 Å². The van der Waals surface area contributed by atoms with Gasteiger partial charge in [0.25, 0.3) is 0 Å². The minimum absolute atomic E-state index is 0.0541. The third-order valence-corrected chi connectivity index (χ3v) is 6.47. The fraction of sp³-hybridized carbons (Fsp3) is 0.261. The average molecular weight is 456 g/mol. The Bertz CT molecular complexity index is 1030. The zero-order valence-corrected chi connectivity index (χ0v) is 19.5. The van der Waals surface area contributed by atoms with Crippen LogP contribution < -0.4 is 15.4 Å². The van der Waals surface area contributed by atoms with E-state index in [0.29, 0.717) is 5.13 Å². The minimum Gasteiger partial charge on any atom is -0.497 e. The van der Waals surface area contributed by atoms with Crippen molar-refractivity contribution in [3.05, 3.63) is 59.5 Å². The minimum atomic E-state index is -0.268. The van der Waals surface area contributed by atoms with Gasteiger partial charge in [0.05, 0.1) is 24.1 Å². The molecule has 31 heavy (non-hydrogen) atoms. The lowest BCUT2D eigenvalue weighted by Crippen LogP contribution is -2.23. The molecule has 0 spiro atoms. The second-order valence-electron chi connectivity index (χ2n) is 7.01. The Kier molecular flexibility index (Phi) is 7.70. The van der Waals surface area contributed by atoms with Gasteiger partial charge in [-0.2, -0.15) is 0 Å². The number of aromatic nitrogens is 1. The van der Waals surface area contributed by atoms with E-state index in [0.717, 1.165) is 27.5 Å². The summed E-state index contributed by atoms with van der Waals surface area (Å²) in [4.78, 5) is 29.3. The second-order valence-corrected chi connectivity index (χ2v) is 9.28. The largest absolute Gasteiger partial charge is 0.497 e. The van der Waals surface area contributed by atoms with Crippen LogP contribution in [0, 0.1) is 0 Å². The van der Waals surface area contributed by atoms with Gasteiger partial charge in [0.1, 0.15) is 5.75 Å². The predicted molar refractivity (Wildman–Crippen MR) is 127 cm³/mol. The van der Waals surface area contributed by atoms with E-state index >= 15 is 0 Å². The maximum Gasteiger partial charge on any atom is 0.239 e. The summed E-state index contributed by atoms with van der Waals surface area (Å²) in [7, 11) is 1.63. The topological polar surface area (TPSA) is 80.3 Å². The quantitative estimate of drug-likeness (QED) is 0.460. The maximum atomic E-state index is 12.6. The Morgan fingerprint density at radius 3 is 2.35 bits per heavy atom. The first-order valence-electron chi connectivity index (χ1n) is 9.80. The fourth-order valence-corrected chi connectivity index (χ4v) is 4.50. The highest BCUT2D eigenvalue weighted by Gasteiger charge is 2.17. The average Bonchev–Trinajstić information content (AvgIpc) is 3.22. The van der Waals surface area contributed by atoms with Crippen LogP contribution in [0.3, 0.4) is 0 Å². The third kappa shape index (κ3) is 6.32. The standard InChI is InChI=1S/C23H25N3O3S2/c1-14(24-16(3)27)17-5-7-18(8-6-17)21-13-30-23(25-21)26-22(28)15(2)31-20-11-9-19(29-4)10-12-20/h5-15H,1-4H3,(H,24,27)(H,25,26,28). The van der Waals surface area contributed by atoms with E-state index in [1.165, 1.54) is 30.0 Å². The fourth-order valence-electron chi connectivity index (χ4n) is 2.91. The molecule has 0 aliphatic rings. The van der Waals surface area contributed by atoms with Gasteiger partial charge in [-0.3, -0.25) is 9.59 Å². The van der Waals surface area contributed by atoms with Crippen molar-refractivity contribution in [2.75, 3.05) is 12.4 Å². The molecule has 8 heteroatoms. The number of nitrogens with zero attached hydrogens (tertiary/aromatic N) is 1. The Labute approximate surface area is 190 Å². The first kappa shape index (κ1) is 22.8. The summed E-state index contributed by atoms with van der Waals surface area (Å²) in [5, 5.41) is 7.99. The molecule has 2 atom stereocenters. The lowest BCUT2D eigenvalue weighted by atomic mass is 10.1. The van der Waals surface area contributed by atoms with E-state index in [9.17, 15) is 9.59 Å². The van der Waals surface area contributed by atoms with Crippen LogP contribution in [0.5, 0.6) is 5.75 Å². The molecule has 162 valence electrons. The number of amides is 2. The van der Waals surface area contributed by atoms with Crippen molar-refractivity contribution in [3.8, 4) is 17.0 Å². The van der Waals surface area contributed by atoms with Crippen LogP contribution >= 0.6 is 23.1 Å². The summed E-state index contributed by atoms with van der Waals surface area (Å²) in [5.41, 5.74) is 2.78. The lowest BCUT2D eigenvalue weighted by Gasteiger charge is -2.13. The number of nitrogens with one attached hydrogen (secondary N) is 2. The molecule has 0 radical (unpaired) electrons. The Balaban J connectivity index is 1.59. The molecule has 1 aromatic heterocycles. The number of ether oxygens (including phenoxy) is 1. The number of thiazole rings is 1. The van der Waals surface area contributed by atoms with Crippen molar-refractivity contribution in [1.82, 2.24) is 10.3 Å². The highest BCUT2D eigenvalue weighted by Crippen LogP contribution is 2.29. The predicted octanol–water partition coefficient (Wildman–Crippen LogP) is 5.14. The molecule has 0 fully saturated rings. The molecule has 6 nitrogen and oxygen atoms in total. The summed E-state index contributed by atoms with van der Waals surface area (Å²) < 4.78 is 5.16. The van der Waals surface area contributed by atoms with Crippen molar-refractivity contribution in [2.24, 2.45) is 0 Å². The molecule has 3 rings (SSSR count). The SMILES string of the molecule is COc1ccc(SC(C)C(=O)Nc2nc(-c3ccc(C(C)NC(C)=O)cc3)cs2)cc1. The molecule has 0 saturated carbocycles. The third-order valence-electron chi connectivity index (χ3n) is 4.60. The number of thioether (sulfide) groups is 1. The first-order valence-corrected chi connectivity index (χ1v) is 11.6. The number of hydrogen-bond donors (Lipinski definition) is 2. The van der Waals surface area contributed by atoms with Crippen molar-refractivity contribution >= 4 is 40.0 Å². The Morgan fingerprint density at radius 1 is 1.06 bits per heavy atom. The molecule has 2 aromatic carbocycles. The zero-order chi connectivity index (χ0) is 22.4. The van der Waals surface area contributed by atoms with Crippen molar-refractivity contribution < 1.29 is 14.3 Å². The van der Waals surface area contributed by atoms with Gasteiger partial charge in [0.15, 0.2) is 5.13 Å². The van der Waals surface area contributed by atoms with Crippen LogP contribution in [-0.4, -0.2) is 29.2 Å². The van der Waals surface area contributed by atoms with Crippen molar-refractivity contribution in [2.45, 2.75) is 37.0 Å². The normalized spacial score (nSPS) is 12.6. The summed E-state index contributed by atoms with van der Waals surface area (Å²) in [6.07, 6.45) is 0. The number of carbonyl (C=O) groups excluding carboxylic acids is 2. The van der Waals surface area contributed by atoms with E-state index in [2.05, 4.69) is 15.6 Å². The van der Waals surface area contributed by atoms with E-state index in [4.69, 9.17) is 4.74 Å². The van der Waals surface area contributed by atoms with Gasteiger partial charge in [0.2, 0.25) is 11.8 Å². The number of benzene rings is 2. The Hall–Kier alpha value is -2.84. The molecule has 2 unspecified atom stereocenters. The monoisotopic (exact) mass is 455 g/mol. The van der Waals surface area contributed by atoms with Gasteiger partial charge in [-0.05, 0) is 43.7 Å². The maximum absolute atomic E-state index is 12.6. The lowest BCUT2D eigenvalue weighted by molar-refractivity contribution is -0.119. The van der Waals surface area contributed by atoms with Gasteiger partial charge in [0, 0.05) is 22.8 Å². The molecule has 2 amide bonds. The zero-order valence-electron chi connectivity index (χ0n) is 17.8. The first-order chi connectivity index (χ1) is 14.9. The molecule has 3 aromatic rings. The van der Waals surface area contributed by atoms with Crippen LogP contribution in [0.2, 0.25) is 0 Å². The van der Waals surface area contributed by atoms with Gasteiger partial charge in [-0.15, -0.1) is 23.1 Å². The second kappa shape index (κ2) is 10.5. The Morgan fingerprint density at radius 2 is 1.74 bits per heavy atom. The summed E-state index contributed by atoms with van der Waals surface area (Å²) in [5.74, 6) is 0.631. The van der Waals surface area contributed by atoms with E-state index < -0.39 is 0 Å². The molecular weight excluding hydrogens is 430 g/mol.